The van der Waals surface area contributed by atoms with E-state index >= 15 is 0 Å². The minimum absolute atomic E-state index is 0.484. The molecule has 1 unspecified atom stereocenters. The van der Waals surface area contributed by atoms with E-state index in [1.165, 1.54) is 35.5 Å². The Morgan fingerprint density at radius 2 is 2.11 bits per heavy atom. The van der Waals surface area contributed by atoms with Gasteiger partial charge in [-0.15, -0.1) is 11.3 Å². The van der Waals surface area contributed by atoms with Gasteiger partial charge in [-0.25, -0.2) is 4.98 Å². The lowest BCUT2D eigenvalue weighted by molar-refractivity contribution is 0.411. The van der Waals surface area contributed by atoms with E-state index in [0.717, 1.165) is 17.4 Å². The Kier molecular flexibility index (Phi) is 4.31. The zero-order valence-corrected chi connectivity index (χ0v) is 13.1. The molecule has 0 saturated carbocycles. The van der Waals surface area contributed by atoms with E-state index in [0.29, 0.717) is 6.04 Å². The summed E-state index contributed by atoms with van der Waals surface area (Å²) in [6.07, 6.45) is 4.77. The highest BCUT2D eigenvalue weighted by Crippen LogP contribution is 2.26. The first kappa shape index (κ1) is 13.3. The molecule has 4 heteroatoms. The predicted octanol–water partition coefficient (Wildman–Crippen LogP) is 4.31. The van der Waals surface area contributed by atoms with E-state index in [2.05, 4.69) is 50.9 Å². The van der Waals surface area contributed by atoms with Gasteiger partial charge in [0.25, 0.3) is 0 Å². The van der Waals surface area contributed by atoms with E-state index < -0.39 is 0 Å². The normalized spacial score (nSPS) is 19.5. The number of nitrogens with one attached hydrogen (secondary N) is 1. The second-order valence-electron chi connectivity index (χ2n) is 4.98. The molecule has 1 aromatic carbocycles. The van der Waals surface area contributed by atoms with Crippen LogP contribution in [0.4, 0.5) is 0 Å². The van der Waals surface area contributed by atoms with Crippen LogP contribution in [-0.2, 0) is 6.42 Å². The quantitative estimate of drug-likeness (QED) is 0.903. The highest BCUT2D eigenvalue weighted by atomic mass is 79.9. The minimum Gasteiger partial charge on any atom is -0.308 e. The molecule has 0 bridgehead atoms. The molecule has 2 nitrogen and oxygen atoms in total. The molecule has 2 aromatic rings. The number of hydrogen-bond donors (Lipinski definition) is 1. The van der Waals surface area contributed by atoms with E-state index in [1.807, 2.05) is 0 Å². The first-order chi connectivity index (χ1) is 9.31. The maximum Gasteiger partial charge on any atom is 0.110 e. The average Bonchev–Trinajstić information content (AvgIpc) is 2.91. The van der Waals surface area contributed by atoms with Crippen molar-refractivity contribution in [2.45, 2.75) is 31.7 Å². The molecule has 1 atom stereocenters. The van der Waals surface area contributed by atoms with Gasteiger partial charge in [-0.1, -0.05) is 34.5 Å². The summed E-state index contributed by atoms with van der Waals surface area (Å²) in [5.41, 5.74) is 2.51. The number of thiazole rings is 1. The molecule has 0 amide bonds. The fourth-order valence-corrected chi connectivity index (χ4v) is 3.63. The molecular formula is C15H17BrN2S. The smallest absolute Gasteiger partial charge is 0.110 e. The Hall–Kier alpha value is -0.710. The first-order valence-corrected chi connectivity index (χ1v) is 8.40. The molecule has 1 fully saturated rings. The molecular weight excluding hydrogens is 320 g/mol. The van der Waals surface area contributed by atoms with Gasteiger partial charge in [0.05, 0.1) is 11.7 Å². The molecule has 1 saturated heterocycles. The van der Waals surface area contributed by atoms with Crippen molar-refractivity contribution in [1.29, 1.82) is 0 Å². The molecule has 1 N–H and O–H groups in total. The third-order valence-electron chi connectivity index (χ3n) is 3.48. The lowest BCUT2D eigenvalue weighted by atomic mass is 10.1. The summed E-state index contributed by atoms with van der Waals surface area (Å²) in [7, 11) is 0. The monoisotopic (exact) mass is 336 g/mol. The van der Waals surface area contributed by atoms with Gasteiger partial charge in [-0.2, -0.15) is 0 Å². The summed E-state index contributed by atoms with van der Waals surface area (Å²) in [6.45, 7) is 1.13. The molecule has 1 aliphatic heterocycles. The standard InChI is InChI=1S/C15H17BrN2S/c16-12-6-4-11(5-7-12)9-13-10-19-15(18-13)14-3-1-2-8-17-14/h4-7,10,14,17H,1-3,8-9H2. The molecule has 0 radical (unpaired) electrons. The van der Waals surface area contributed by atoms with Gasteiger partial charge in [0, 0.05) is 16.3 Å². The minimum atomic E-state index is 0.484. The lowest BCUT2D eigenvalue weighted by Crippen LogP contribution is -2.26. The van der Waals surface area contributed by atoms with E-state index in [1.54, 1.807) is 11.3 Å². The van der Waals surface area contributed by atoms with Crippen molar-refractivity contribution >= 4 is 27.3 Å². The average molecular weight is 337 g/mol. The highest BCUT2D eigenvalue weighted by molar-refractivity contribution is 9.10. The number of piperidine rings is 1. The van der Waals surface area contributed by atoms with Crippen LogP contribution in [-0.4, -0.2) is 11.5 Å². The van der Waals surface area contributed by atoms with Crippen molar-refractivity contribution < 1.29 is 0 Å². The molecule has 1 aliphatic rings. The molecule has 19 heavy (non-hydrogen) atoms. The lowest BCUT2D eigenvalue weighted by Gasteiger charge is -2.21. The Morgan fingerprint density at radius 3 is 2.84 bits per heavy atom. The van der Waals surface area contributed by atoms with Crippen LogP contribution in [0.5, 0.6) is 0 Å². The number of nitrogens with zero attached hydrogens (tertiary/aromatic N) is 1. The van der Waals surface area contributed by atoms with Gasteiger partial charge in [0.1, 0.15) is 5.01 Å². The van der Waals surface area contributed by atoms with Crippen LogP contribution in [0.1, 0.15) is 41.6 Å². The van der Waals surface area contributed by atoms with Gasteiger partial charge < -0.3 is 5.32 Å². The van der Waals surface area contributed by atoms with Crippen molar-refractivity contribution in [1.82, 2.24) is 10.3 Å². The topological polar surface area (TPSA) is 24.9 Å². The third kappa shape index (κ3) is 3.44. The maximum atomic E-state index is 4.80. The fourth-order valence-electron chi connectivity index (χ4n) is 2.44. The van der Waals surface area contributed by atoms with Crippen molar-refractivity contribution in [3.63, 3.8) is 0 Å². The van der Waals surface area contributed by atoms with Gasteiger partial charge in [-0.05, 0) is 37.1 Å². The van der Waals surface area contributed by atoms with Crippen molar-refractivity contribution in [2.75, 3.05) is 6.54 Å². The summed E-state index contributed by atoms with van der Waals surface area (Å²) in [5, 5.41) is 7.02. The van der Waals surface area contributed by atoms with Gasteiger partial charge in [0.2, 0.25) is 0 Å². The summed E-state index contributed by atoms with van der Waals surface area (Å²) < 4.78 is 1.13. The largest absolute Gasteiger partial charge is 0.308 e. The van der Waals surface area contributed by atoms with Crippen LogP contribution in [0.15, 0.2) is 34.1 Å². The van der Waals surface area contributed by atoms with Crippen LogP contribution >= 0.6 is 27.3 Å². The van der Waals surface area contributed by atoms with Gasteiger partial charge in [0.15, 0.2) is 0 Å². The fraction of sp³-hybridized carbons (Fsp3) is 0.400. The van der Waals surface area contributed by atoms with Crippen LogP contribution < -0.4 is 5.32 Å². The molecule has 100 valence electrons. The zero-order chi connectivity index (χ0) is 13.1. The summed E-state index contributed by atoms with van der Waals surface area (Å²) >= 11 is 5.26. The Morgan fingerprint density at radius 1 is 1.26 bits per heavy atom. The highest BCUT2D eigenvalue weighted by Gasteiger charge is 2.17. The zero-order valence-electron chi connectivity index (χ0n) is 10.7. The summed E-state index contributed by atoms with van der Waals surface area (Å²) in [6, 6.07) is 8.97. The summed E-state index contributed by atoms with van der Waals surface area (Å²) in [4.78, 5) is 4.80. The van der Waals surface area contributed by atoms with Crippen LogP contribution in [0.25, 0.3) is 0 Å². The third-order valence-corrected chi connectivity index (χ3v) is 5.01. The Bertz CT molecular complexity index is 529. The molecule has 1 aromatic heterocycles. The molecule has 0 aliphatic carbocycles. The Labute approximate surface area is 126 Å². The Balaban J connectivity index is 1.68. The van der Waals surface area contributed by atoms with Crippen molar-refractivity contribution in [3.05, 3.63) is 50.4 Å². The van der Waals surface area contributed by atoms with Crippen LogP contribution in [0.2, 0.25) is 0 Å². The molecule has 0 spiro atoms. The van der Waals surface area contributed by atoms with E-state index in [-0.39, 0.29) is 0 Å². The number of halogens is 1. The number of benzene rings is 1. The SMILES string of the molecule is Brc1ccc(Cc2csc(C3CCCCN3)n2)cc1. The number of aromatic nitrogens is 1. The maximum absolute atomic E-state index is 4.80. The molecule has 3 rings (SSSR count). The van der Waals surface area contributed by atoms with Crippen molar-refractivity contribution in [2.24, 2.45) is 0 Å². The van der Waals surface area contributed by atoms with Gasteiger partial charge in [-0.3, -0.25) is 0 Å². The number of hydrogen-bond acceptors (Lipinski definition) is 3. The number of rotatable bonds is 3. The van der Waals surface area contributed by atoms with E-state index in [4.69, 9.17) is 4.98 Å². The van der Waals surface area contributed by atoms with Crippen LogP contribution in [0, 0.1) is 0 Å². The first-order valence-electron chi connectivity index (χ1n) is 6.73. The molecule has 2 heterocycles. The second kappa shape index (κ2) is 6.16. The van der Waals surface area contributed by atoms with Gasteiger partial charge >= 0.3 is 0 Å². The van der Waals surface area contributed by atoms with Crippen molar-refractivity contribution in [3.8, 4) is 0 Å². The summed E-state index contributed by atoms with van der Waals surface area (Å²) in [5.74, 6) is 0. The second-order valence-corrected chi connectivity index (χ2v) is 6.79. The van der Waals surface area contributed by atoms with Crippen LogP contribution in [0.3, 0.4) is 0 Å². The predicted molar refractivity (Wildman–Crippen MR) is 83.7 cm³/mol. The van der Waals surface area contributed by atoms with E-state index in [9.17, 15) is 0 Å².